The summed E-state index contributed by atoms with van der Waals surface area (Å²) in [6.45, 7) is 3.59. The van der Waals surface area contributed by atoms with E-state index < -0.39 is 0 Å². The summed E-state index contributed by atoms with van der Waals surface area (Å²) in [5, 5.41) is 14.8. The van der Waals surface area contributed by atoms with Crippen molar-refractivity contribution in [3.63, 3.8) is 0 Å². The summed E-state index contributed by atoms with van der Waals surface area (Å²) in [6.07, 6.45) is 9.57. The second-order valence-electron chi connectivity index (χ2n) is 11.2. The smallest absolute Gasteiger partial charge is 0.259 e. The highest BCUT2D eigenvalue weighted by molar-refractivity contribution is 5.72. The van der Waals surface area contributed by atoms with E-state index in [0.717, 1.165) is 73.9 Å². The van der Waals surface area contributed by atoms with Gasteiger partial charge in [-0.25, -0.2) is 4.52 Å². The molecule has 1 unspecified atom stereocenters. The third-order valence-electron chi connectivity index (χ3n) is 8.58. The Morgan fingerprint density at radius 3 is 2.63 bits per heavy atom. The lowest BCUT2D eigenvalue weighted by atomic mass is 9.91. The minimum absolute atomic E-state index is 0.0216. The van der Waals surface area contributed by atoms with Crippen molar-refractivity contribution in [2.24, 2.45) is 0 Å². The Morgan fingerprint density at radius 2 is 1.90 bits per heavy atom. The van der Waals surface area contributed by atoms with Crippen molar-refractivity contribution in [1.29, 1.82) is 5.26 Å². The fraction of sp³-hybridized carbons (Fsp3) is 0.455. The summed E-state index contributed by atoms with van der Waals surface area (Å²) in [5.41, 5.74) is 4.88. The first-order chi connectivity index (χ1) is 20.2. The molecule has 2 aliphatic rings. The summed E-state index contributed by atoms with van der Waals surface area (Å²) in [4.78, 5) is 18.9. The number of fused-ring (bicyclic) bond motifs is 1. The van der Waals surface area contributed by atoms with Gasteiger partial charge in [-0.15, -0.1) is 0 Å². The van der Waals surface area contributed by atoms with Crippen LogP contribution >= 0.6 is 0 Å². The Hall–Kier alpha value is -3.80. The zero-order valence-corrected chi connectivity index (χ0v) is 23.7. The molecular weight excluding hydrogens is 514 g/mol. The third-order valence-corrected chi connectivity index (χ3v) is 8.58. The lowest BCUT2D eigenvalue weighted by Crippen LogP contribution is -2.35. The molecule has 2 aromatic heterocycles. The van der Waals surface area contributed by atoms with Gasteiger partial charge in [-0.3, -0.25) is 9.36 Å². The number of hydrogen-bond donors (Lipinski definition) is 0. The van der Waals surface area contributed by atoms with Crippen LogP contribution in [0.4, 0.5) is 0 Å². The highest BCUT2D eigenvalue weighted by Crippen LogP contribution is 2.32. The lowest BCUT2D eigenvalue weighted by molar-refractivity contribution is -0.0366. The Bertz CT molecular complexity index is 1590. The fourth-order valence-electron chi connectivity index (χ4n) is 6.50. The molecule has 212 valence electrons. The number of rotatable bonds is 9. The van der Waals surface area contributed by atoms with Gasteiger partial charge in [0.1, 0.15) is 12.4 Å². The van der Waals surface area contributed by atoms with E-state index in [1.807, 2.05) is 57.6 Å². The van der Waals surface area contributed by atoms with E-state index in [9.17, 15) is 10.1 Å². The Morgan fingerprint density at radius 1 is 1.07 bits per heavy atom. The van der Waals surface area contributed by atoms with Crippen LogP contribution < -0.4 is 5.56 Å². The minimum Gasteiger partial charge on any atom is -0.376 e. The summed E-state index contributed by atoms with van der Waals surface area (Å²) in [7, 11) is 0. The second kappa shape index (κ2) is 12.4. The lowest BCUT2D eigenvalue weighted by Gasteiger charge is -2.31. The number of benzene rings is 2. The van der Waals surface area contributed by atoms with Gasteiger partial charge < -0.3 is 9.47 Å². The first-order valence-corrected chi connectivity index (χ1v) is 14.9. The van der Waals surface area contributed by atoms with Gasteiger partial charge in [-0.05, 0) is 61.6 Å². The molecule has 4 aromatic rings. The molecule has 3 heterocycles. The average molecular weight is 552 g/mol. The molecule has 1 aliphatic heterocycles. The molecule has 41 heavy (non-hydrogen) atoms. The summed E-state index contributed by atoms with van der Waals surface area (Å²) >= 11 is 0. The van der Waals surface area contributed by atoms with Crippen LogP contribution in [-0.4, -0.2) is 44.6 Å². The molecule has 1 saturated carbocycles. The van der Waals surface area contributed by atoms with Gasteiger partial charge in [0, 0.05) is 24.6 Å². The standard InChI is InChI=1S/C33H37N5O3/c1-2-8-31-29(19-24-11-6-13-28(30(24)20-34)23-9-4-3-5-10-23)32(39)37(33-35-22-36-38(31)33)25-14-16-26(17-15-25)41-21-27-12-7-18-40-27/h3-6,9-11,13,22,25-27H,2,7-8,12,14-19,21H2,1H3. The van der Waals surface area contributed by atoms with Crippen molar-refractivity contribution in [3.05, 3.63) is 87.6 Å². The summed E-state index contributed by atoms with van der Waals surface area (Å²) < 4.78 is 15.6. The Labute approximate surface area is 240 Å². The van der Waals surface area contributed by atoms with Gasteiger partial charge in [-0.1, -0.05) is 61.9 Å². The first kappa shape index (κ1) is 27.4. The van der Waals surface area contributed by atoms with E-state index in [-0.39, 0.29) is 23.8 Å². The first-order valence-electron chi connectivity index (χ1n) is 14.9. The predicted molar refractivity (Wildman–Crippen MR) is 157 cm³/mol. The molecule has 1 saturated heterocycles. The van der Waals surface area contributed by atoms with E-state index in [0.29, 0.717) is 36.4 Å². The number of hydrogen-bond acceptors (Lipinski definition) is 6. The molecule has 0 radical (unpaired) electrons. The fourth-order valence-corrected chi connectivity index (χ4v) is 6.50. The molecule has 8 nitrogen and oxygen atoms in total. The van der Waals surface area contributed by atoms with Crippen LogP contribution in [0.3, 0.4) is 0 Å². The van der Waals surface area contributed by atoms with Crippen LogP contribution in [0.1, 0.15) is 80.3 Å². The maximum absolute atomic E-state index is 14.4. The molecular formula is C33H37N5O3. The minimum atomic E-state index is -0.0216. The SMILES string of the molecule is CCCc1c(Cc2cccc(-c3ccccc3)c2C#N)c(=O)n(C2CCC(OCC3CCCO3)CC2)c2ncnn12. The van der Waals surface area contributed by atoms with Crippen molar-refractivity contribution in [2.45, 2.75) is 83.0 Å². The second-order valence-corrected chi connectivity index (χ2v) is 11.2. The number of nitriles is 1. The normalized spacial score (nSPS) is 20.8. The van der Waals surface area contributed by atoms with Gasteiger partial charge in [0.15, 0.2) is 0 Å². The quantitative estimate of drug-likeness (QED) is 0.267. The van der Waals surface area contributed by atoms with Crippen LogP contribution in [0.2, 0.25) is 0 Å². The molecule has 0 bridgehead atoms. The van der Waals surface area contributed by atoms with E-state index in [1.54, 1.807) is 6.33 Å². The van der Waals surface area contributed by atoms with E-state index in [4.69, 9.17) is 9.47 Å². The number of aromatic nitrogens is 4. The highest BCUT2D eigenvalue weighted by atomic mass is 16.5. The van der Waals surface area contributed by atoms with Gasteiger partial charge in [0.2, 0.25) is 5.78 Å². The predicted octanol–water partition coefficient (Wildman–Crippen LogP) is 5.65. The van der Waals surface area contributed by atoms with Gasteiger partial charge in [0.05, 0.1) is 30.1 Å². The number of ether oxygens (including phenoxy) is 2. The van der Waals surface area contributed by atoms with Crippen molar-refractivity contribution in [2.75, 3.05) is 13.2 Å². The van der Waals surface area contributed by atoms with Crippen LogP contribution in [0.25, 0.3) is 16.9 Å². The topological polar surface area (TPSA) is 94.4 Å². The van der Waals surface area contributed by atoms with Crippen LogP contribution in [0.5, 0.6) is 0 Å². The Balaban J connectivity index is 1.34. The number of nitrogens with zero attached hydrogens (tertiary/aromatic N) is 5. The third kappa shape index (κ3) is 5.57. The molecule has 0 spiro atoms. The van der Waals surface area contributed by atoms with Crippen molar-refractivity contribution >= 4 is 5.78 Å². The summed E-state index contributed by atoms with van der Waals surface area (Å²) in [5.74, 6) is 0.601. The zero-order chi connectivity index (χ0) is 28.2. The molecule has 0 amide bonds. The van der Waals surface area contributed by atoms with Crippen molar-refractivity contribution in [3.8, 4) is 17.2 Å². The van der Waals surface area contributed by atoms with Crippen LogP contribution in [-0.2, 0) is 22.3 Å². The largest absolute Gasteiger partial charge is 0.376 e. The van der Waals surface area contributed by atoms with Crippen LogP contribution in [0.15, 0.2) is 59.7 Å². The molecule has 2 aromatic carbocycles. The van der Waals surface area contributed by atoms with Crippen LogP contribution in [0, 0.1) is 11.3 Å². The number of aryl methyl sites for hydroxylation is 1. The van der Waals surface area contributed by atoms with E-state index >= 15 is 0 Å². The summed E-state index contributed by atoms with van der Waals surface area (Å²) in [6, 6.07) is 18.3. The highest BCUT2D eigenvalue weighted by Gasteiger charge is 2.29. The molecule has 2 fully saturated rings. The van der Waals surface area contributed by atoms with E-state index in [1.165, 1.54) is 0 Å². The molecule has 0 N–H and O–H groups in total. The van der Waals surface area contributed by atoms with Gasteiger partial charge >= 0.3 is 0 Å². The maximum Gasteiger partial charge on any atom is 0.259 e. The molecule has 1 aliphatic carbocycles. The van der Waals surface area contributed by atoms with Crippen molar-refractivity contribution in [1.82, 2.24) is 19.2 Å². The zero-order valence-electron chi connectivity index (χ0n) is 23.7. The molecule has 1 atom stereocenters. The monoisotopic (exact) mass is 551 g/mol. The van der Waals surface area contributed by atoms with Gasteiger partial charge in [-0.2, -0.15) is 15.3 Å². The Kier molecular flexibility index (Phi) is 8.26. The molecule has 8 heteroatoms. The average Bonchev–Trinajstić information content (AvgIpc) is 3.72. The van der Waals surface area contributed by atoms with E-state index in [2.05, 4.69) is 23.1 Å². The van der Waals surface area contributed by atoms with Crippen molar-refractivity contribution < 1.29 is 9.47 Å². The molecule has 6 rings (SSSR count). The maximum atomic E-state index is 14.4. The van der Waals surface area contributed by atoms with Gasteiger partial charge in [0.25, 0.3) is 5.56 Å².